The van der Waals surface area contributed by atoms with Gasteiger partial charge in [-0.25, -0.2) is 9.18 Å². The molecular weight excluding hydrogens is 273 g/mol. The summed E-state index contributed by atoms with van der Waals surface area (Å²) in [5.74, 6) is -0.325. The quantitative estimate of drug-likeness (QED) is 0.786. The van der Waals surface area contributed by atoms with Gasteiger partial charge >= 0.3 is 5.97 Å². The zero-order valence-electron chi connectivity index (χ0n) is 13.3. The van der Waals surface area contributed by atoms with E-state index in [1.807, 2.05) is 20.8 Å². The van der Waals surface area contributed by atoms with Crippen molar-refractivity contribution in [1.82, 2.24) is 5.32 Å². The molecule has 0 aliphatic heterocycles. The van der Waals surface area contributed by atoms with Crippen molar-refractivity contribution in [2.45, 2.75) is 46.2 Å². The first-order valence-electron chi connectivity index (χ1n) is 7.12. The number of aryl methyl sites for hydroxylation is 1. The highest BCUT2D eigenvalue weighted by molar-refractivity contribution is 5.80. The Morgan fingerprint density at radius 1 is 1.43 bits per heavy atom. The minimum atomic E-state index is -0.983. The van der Waals surface area contributed by atoms with Crippen LogP contribution in [0.15, 0.2) is 18.2 Å². The van der Waals surface area contributed by atoms with E-state index < -0.39 is 5.54 Å². The number of hydrogen-bond acceptors (Lipinski definition) is 4. The summed E-state index contributed by atoms with van der Waals surface area (Å²) in [4.78, 5) is 12.1. The molecule has 0 bridgehead atoms. The van der Waals surface area contributed by atoms with Crippen LogP contribution < -0.4 is 10.1 Å². The van der Waals surface area contributed by atoms with Crippen LogP contribution >= 0.6 is 0 Å². The van der Waals surface area contributed by atoms with E-state index in [9.17, 15) is 9.18 Å². The van der Waals surface area contributed by atoms with Crippen LogP contribution in [0.5, 0.6) is 5.75 Å². The maximum atomic E-state index is 13.3. The zero-order valence-corrected chi connectivity index (χ0v) is 13.3. The predicted octanol–water partition coefficient (Wildman–Crippen LogP) is 2.83. The lowest BCUT2D eigenvalue weighted by Crippen LogP contribution is -2.57. The van der Waals surface area contributed by atoms with Gasteiger partial charge in [-0.1, -0.05) is 6.07 Å². The highest BCUT2D eigenvalue weighted by Gasteiger charge is 2.36. The number of rotatable bonds is 7. The summed E-state index contributed by atoms with van der Waals surface area (Å²) in [6, 6.07) is 4.41. The second kappa shape index (κ2) is 7.41. The Kier molecular flexibility index (Phi) is 6.15. The molecule has 0 saturated carbocycles. The largest absolute Gasteiger partial charge is 0.491 e. The molecule has 0 radical (unpaired) electrons. The lowest BCUT2D eigenvalue weighted by atomic mass is 10.0. The van der Waals surface area contributed by atoms with Crippen LogP contribution in [0.4, 0.5) is 4.39 Å². The predicted molar refractivity (Wildman–Crippen MR) is 79.9 cm³/mol. The highest BCUT2D eigenvalue weighted by Crippen LogP contribution is 2.21. The van der Waals surface area contributed by atoms with Crippen LogP contribution in [0.2, 0.25) is 0 Å². The van der Waals surface area contributed by atoms with Gasteiger partial charge in [-0.15, -0.1) is 0 Å². The summed E-state index contributed by atoms with van der Waals surface area (Å²) in [5.41, 5.74) is -0.171. The maximum absolute atomic E-state index is 13.3. The number of benzene rings is 1. The molecule has 1 aromatic carbocycles. The number of hydrogen-bond donors (Lipinski definition) is 1. The third-order valence-corrected chi connectivity index (χ3v) is 3.00. The Morgan fingerprint density at radius 3 is 2.67 bits per heavy atom. The molecule has 0 amide bonds. The number of halogens is 1. The molecule has 4 nitrogen and oxygen atoms in total. The van der Waals surface area contributed by atoms with E-state index in [1.165, 1.54) is 12.1 Å². The van der Waals surface area contributed by atoms with Crippen molar-refractivity contribution >= 4 is 5.97 Å². The molecule has 1 aromatic rings. The molecule has 0 heterocycles. The lowest BCUT2D eigenvalue weighted by Gasteiger charge is -2.30. The molecule has 1 atom stereocenters. The summed E-state index contributed by atoms with van der Waals surface area (Å²) in [5, 5.41) is 3.15. The van der Waals surface area contributed by atoms with Crippen LogP contribution in [0.1, 0.15) is 33.3 Å². The minimum absolute atomic E-state index is 0.0638. The van der Waals surface area contributed by atoms with E-state index >= 15 is 0 Å². The summed E-state index contributed by atoms with van der Waals surface area (Å²) < 4.78 is 24.0. The minimum Gasteiger partial charge on any atom is -0.491 e. The molecule has 118 valence electrons. The fourth-order valence-electron chi connectivity index (χ4n) is 2.04. The number of carbonyl (C=O) groups is 1. The highest BCUT2D eigenvalue weighted by atomic mass is 19.1. The van der Waals surface area contributed by atoms with Crippen molar-refractivity contribution < 1.29 is 18.7 Å². The molecule has 0 aliphatic carbocycles. The van der Waals surface area contributed by atoms with Crippen LogP contribution in [0.25, 0.3) is 0 Å². The molecule has 0 aliphatic rings. The van der Waals surface area contributed by atoms with Crippen molar-refractivity contribution in [2.75, 3.05) is 13.2 Å². The third-order valence-electron chi connectivity index (χ3n) is 3.00. The van der Waals surface area contributed by atoms with Gasteiger partial charge in [-0.05, 0) is 46.2 Å². The number of carbonyl (C=O) groups excluding carboxylic acids is 1. The maximum Gasteiger partial charge on any atom is 0.329 e. The normalized spacial score (nSPS) is 13.9. The summed E-state index contributed by atoms with van der Waals surface area (Å²) in [7, 11) is 0. The summed E-state index contributed by atoms with van der Waals surface area (Å²) >= 11 is 0. The third kappa shape index (κ3) is 5.01. The van der Waals surface area contributed by atoms with Crippen LogP contribution in [-0.2, 0) is 9.53 Å². The lowest BCUT2D eigenvalue weighted by molar-refractivity contribution is -0.152. The van der Waals surface area contributed by atoms with Crippen molar-refractivity contribution in [3.63, 3.8) is 0 Å². The van der Waals surface area contributed by atoms with Crippen LogP contribution in [-0.4, -0.2) is 30.8 Å². The van der Waals surface area contributed by atoms with Gasteiger partial charge in [-0.2, -0.15) is 0 Å². The van der Waals surface area contributed by atoms with Crippen LogP contribution in [0, 0.1) is 12.7 Å². The van der Waals surface area contributed by atoms with E-state index in [2.05, 4.69) is 5.32 Å². The van der Waals surface area contributed by atoms with E-state index in [1.54, 1.807) is 19.9 Å². The second-order valence-electron chi connectivity index (χ2n) is 5.55. The zero-order chi connectivity index (χ0) is 16.0. The molecule has 0 fully saturated rings. The van der Waals surface area contributed by atoms with E-state index in [0.29, 0.717) is 12.4 Å². The standard InChI is InChI=1S/C16H24FNO3/c1-6-20-15(19)16(5,18-11(2)3)10-21-14-9-13(17)8-7-12(14)4/h7-9,11,18H,6,10H2,1-5H3. The first-order chi connectivity index (χ1) is 9.78. The Labute approximate surface area is 125 Å². The van der Waals surface area contributed by atoms with Gasteiger partial charge in [0.05, 0.1) is 6.61 Å². The molecule has 0 spiro atoms. The molecule has 1 N–H and O–H groups in total. The number of esters is 1. The molecule has 0 aromatic heterocycles. The monoisotopic (exact) mass is 297 g/mol. The Bertz CT molecular complexity index is 490. The van der Waals surface area contributed by atoms with Crippen molar-refractivity contribution in [1.29, 1.82) is 0 Å². The Hall–Kier alpha value is -1.62. The summed E-state index contributed by atoms with van der Waals surface area (Å²) in [6.45, 7) is 9.54. The van der Waals surface area contributed by atoms with Gasteiger partial charge in [0.1, 0.15) is 23.7 Å². The van der Waals surface area contributed by atoms with Gasteiger partial charge in [0.25, 0.3) is 0 Å². The Morgan fingerprint density at radius 2 is 2.10 bits per heavy atom. The van der Waals surface area contributed by atoms with Crippen LogP contribution in [0.3, 0.4) is 0 Å². The van der Waals surface area contributed by atoms with Gasteiger partial charge < -0.3 is 9.47 Å². The molecule has 5 heteroatoms. The van der Waals surface area contributed by atoms with Crippen molar-refractivity contribution in [3.05, 3.63) is 29.6 Å². The van der Waals surface area contributed by atoms with Gasteiger partial charge in [0, 0.05) is 12.1 Å². The van der Waals surface area contributed by atoms with Crippen molar-refractivity contribution in [2.24, 2.45) is 0 Å². The fourth-order valence-corrected chi connectivity index (χ4v) is 2.04. The Balaban J connectivity index is 2.86. The molecule has 1 rings (SSSR count). The number of nitrogens with one attached hydrogen (secondary N) is 1. The average Bonchev–Trinajstić information content (AvgIpc) is 2.39. The topological polar surface area (TPSA) is 47.6 Å². The van der Waals surface area contributed by atoms with Gasteiger partial charge in [0.2, 0.25) is 0 Å². The average molecular weight is 297 g/mol. The SMILES string of the molecule is CCOC(=O)C(C)(COc1cc(F)ccc1C)NC(C)C. The first-order valence-corrected chi connectivity index (χ1v) is 7.12. The van der Waals surface area contributed by atoms with E-state index in [4.69, 9.17) is 9.47 Å². The van der Waals surface area contributed by atoms with Crippen molar-refractivity contribution in [3.8, 4) is 5.75 Å². The molecule has 0 saturated heterocycles. The molecule has 1 unspecified atom stereocenters. The second-order valence-corrected chi connectivity index (χ2v) is 5.55. The van der Waals surface area contributed by atoms with E-state index in [-0.39, 0.29) is 24.4 Å². The summed E-state index contributed by atoms with van der Waals surface area (Å²) in [6.07, 6.45) is 0. The van der Waals surface area contributed by atoms with E-state index in [0.717, 1.165) is 5.56 Å². The molecule has 21 heavy (non-hydrogen) atoms. The molecular formula is C16H24FNO3. The fraction of sp³-hybridized carbons (Fsp3) is 0.562. The number of ether oxygens (including phenoxy) is 2. The first kappa shape index (κ1) is 17.4. The van der Waals surface area contributed by atoms with Gasteiger partial charge in [0.15, 0.2) is 0 Å². The van der Waals surface area contributed by atoms with Gasteiger partial charge in [-0.3, -0.25) is 5.32 Å². The smallest absolute Gasteiger partial charge is 0.329 e.